The van der Waals surface area contributed by atoms with Crippen molar-refractivity contribution in [2.75, 3.05) is 5.32 Å². The number of ether oxygens (including phenoxy) is 1. The van der Waals surface area contributed by atoms with Crippen LogP contribution in [0.2, 0.25) is 0 Å². The Hall–Kier alpha value is -2.22. The fourth-order valence-electron chi connectivity index (χ4n) is 2.12. The first-order valence-corrected chi connectivity index (χ1v) is 9.97. The Labute approximate surface area is 179 Å². The first kappa shape index (κ1) is 19.5. The molecule has 136 valence electrons. The van der Waals surface area contributed by atoms with Crippen LogP contribution in [0.25, 0.3) is 0 Å². The normalized spacial score (nSPS) is 10.6. The molecule has 0 amide bonds. The van der Waals surface area contributed by atoms with Crippen molar-refractivity contribution in [2.45, 2.75) is 0 Å². The molecule has 0 unspecified atom stereocenters. The highest BCUT2D eigenvalue weighted by Gasteiger charge is 1.98. The first-order valence-electron chi connectivity index (χ1n) is 7.97. The average molecular weight is 505 g/mol. The van der Waals surface area contributed by atoms with Crippen molar-refractivity contribution in [3.05, 3.63) is 87.3 Å². The molecule has 4 nitrogen and oxygen atoms in total. The Morgan fingerprint density at radius 3 is 1.93 bits per heavy atom. The zero-order chi connectivity index (χ0) is 19.1. The summed E-state index contributed by atoms with van der Waals surface area (Å²) in [5, 5.41) is 7.62. The Morgan fingerprint density at radius 1 is 0.815 bits per heavy atom. The number of nitrogens with zero attached hydrogens (tertiary/aromatic N) is 1. The van der Waals surface area contributed by atoms with Gasteiger partial charge in [-0.2, -0.15) is 5.10 Å². The minimum Gasteiger partial charge on any atom is -0.457 e. The van der Waals surface area contributed by atoms with Crippen LogP contribution < -0.4 is 15.5 Å². The van der Waals surface area contributed by atoms with E-state index in [1.807, 2.05) is 72.8 Å². The van der Waals surface area contributed by atoms with Crippen LogP contribution in [0, 0.1) is 0 Å². The number of nitrogens with one attached hydrogen (secondary N) is 2. The largest absolute Gasteiger partial charge is 0.457 e. The van der Waals surface area contributed by atoms with Crippen LogP contribution in [0.4, 0.5) is 5.69 Å². The van der Waals surface area contributed by atoms with E-state index in [1.54, 1.807) is 6.21 Å². The second-order valence-corrected chi connectivity index (χ2v) is 7.70. The summed E-state index contributed by atoms with van der Waals surface area (Å²) in [5.41, 5.74) is 4.61. The maximum absolute atomic E-state index is 5.79. The van der Waals surface area contributed by atoms with E-state index in [9.17, 15) is 0 Å². The van der Waals surface area contributed by atoms with Crippen LogP contribution in [-0.2, 0) is 0 Å². The number of hydrogen-bond donors (Lipinski definition) is 2. The molecule has 3 aromatic carbocycles. The van der Waals surface area contributed by atoms with Gasteiger partial charge in [0.15, 0.2) is 5.11 Å². The molecule has 0 atom stereocenters. The van der Waals surface area contributed by atoms with E-state index in [-0.39, 0.29) is 0 Å². The summed E-state index contributed by atoms with van der Waals surface area (Å²) >= 11 is 12.0. The monoisotopic (exact) mass is 503 g/mol. The van der Waals surface area contributed by atoms with Crippen LogP contribution in [-0.4, -0.2) is 11.3 Å². The molecule has 0 saturated heterocycles. The molecule has 27 heavy (non-hydrogen) atoms. The van der Waals surface area contributed by atoms with E-state index < -0.39 is 0 Å². The van der Waals surface area contributed by atoms with Crippen molar-refractivity contribution < 1.29 is 4.74 Å². The van der Waals surface area contributed by atoms with Crippen molar-refractivity contribution in [1.29, 1.82) is 0 Å². The van der Waals surface area contributed by atoms with Crippen molar-refractivity contribution in [3.8, 4) is 11.5 Å². The lowest BCUT2D eigenvalue weighted by atomic mass is 10.2. The maximum atomic E-state index is 5.79. The van der Waals surface area contributed by atoms with Crippen LogP contribution >= 0.6 is 44.1 Å². The quantitative estimate of drug-likeness (QED) is 0.242. The second-order valence-electron chi connectivity index (χ2n) is 5.46. The number of halogens is 2. The highest BCUT2D eigenvalue weighted by molar-refractivity contribution is 9.10. The summed E-state index contributed by atoms with van der Waals surface area (Å²) < 4.78 is 7.82. The molecule has 3 aromatic rings. The van der Waals surface area contributed by atoms with Crippen LogP contribution in [0.3, 0.4) is 0 Å². The number of rotatable bonds is 5. The van der Waals surface area contributed by atoms with E-state index in [2.05, 4.69) is 47.7 Å². The molecule has 0 aliphatic rings. The zero-order valence-corrected chi connectivity index (χ0v) is 18.0. The van der Waals surface area contributed by atoms with Gasteiger partial charge in [0.05, 0.1) is 6.21 Å². The Balaban J connectivity index is 1.50. The zero-order valence-electron chi connectivity index (χ0n) is 14.0. The predicted octanol–water partition coefficient (Wildman–Crippen LogP) is 6.32. The summed E-state index contributed by atoms with van der Waals surface area (Å²) in [6, 6.07) is 23.0. The van der Waals surface area contributed by atoms with Gasteiger partial charge in [0.1, 0.15) is 11.5 Å². The number of hydrazone groups is 1. The number of benzene rings is 3. The molecule has 0 bridgehead atoms. The third kappa shape index (κ3) is 6.46. The second kappa shape index (κ2) is 9.64. The molecule has 0 radical (unpaired) electrons. The van der Waals surface area contributed by atoms with Gasteiger partial charge in [0, 0.05) is 14.6 Å². The molecule has 7 heteroatoms. The van der Waals surface area contributed by atoms with E-state index >= 15 is 0 Å². The number of thiocarbonyl (C=S) groups is 1. The maximum Gasteiger partial charge on any atom is 0.191 e. The van der Waals surface area contributed by atoms with Crippen molar-refractivity contribution in [2.24, 2.45) is 5.10 Å². The fraction of sp³-hybridized carbons (Fsp3) is 0. The topological polar surface area (TPSA) is 45.7 Å². The lowest BCUT2D eigenvalue weighted by Crippen LogP contribution is -2.23. The van der Waals surface area contributed by atoms with E-state index in [1.165, 1.54) is 0 Å². The van der Waals surface area contributed by atoms with Gasteiger partial charge in [-0.05, 0) is 90.6 Å². The van der Waals surface area contributed by atoms with Gasteiger partial charge in [0.2, 0.25) is 0 Å². The number of anilines is 1. The molecule has 0 aliphatic heterocycles. The predicted molar refractivity (Wildman–Crippen MR) is 122 cm³/mol. The average Bonchev–Trinajstić information content (AvgIpc) is 2.67. The molecule has 0 aliphatic carbocycles. The minimum atomic E-state index is 0.420. The lowest BCUT2D eigenvalue weighted by Gasteiger charge is -2.07. The van der Waals surface area contributed by atoms with Crippen LogP contribution in [0.5, 0.6) is 11.5 Å². The van der Waals surface area contributed by atoms with E-state index in [0.29, 0.717) is 5.11 Å². The molecule has 3 rings (SSSR count). The standard InChI is InChI=1S/C20H15Br2N3OS/c21-15-3-7-17(8-4-15)24-20(27)25-23-13-14-1-9-18(10-2-14)26-19-11-5-16(22)6-12-19/h1-13H,(H2,24,25,27)/b23-13+. The van der Waals surface area contributed by atoms with Crippen molar-refractivity contribution >= 4 is 61.1 Å². The molecule has 0 saturated carbocycles. The SMILES string of the molecule is S=C(N/N=C/c1ccc(Oc2ccc(Br)cc2)cc1)Nc1ccc(Br)cc1. The summed E-state index contributed by atoms with van der Waals surface area (Å²) in [4.78, 5) is 0. The molecule has 0 heterocycles. The molecule has 0 aromatic heterocycles. The first-order chi connectivity index (χ1) is 13.1. The summed E-state index contributed by atoms with van der Waals surface area (Å²) in [6.07, 6.45) is 1.69. The van der Waals surface area contributed by atoms with Gasteiger partial charge in [-0.15, -0.1) is 0 Å². The van der Waals surface area contributed by atoms with Crippen LogP contribution in [0.15, 0.2) is 86.8 Å². The van der Waals surface area contributed by atoms with Crippen LogP contribution in [0.1, 0.15) is 5.56 Å². The van der Waals surface area contributed by atoms with Gasteiger partial charge in [0.25, 0.3) is 0 Å². The summed E-state index contributed by atoms with van der Waals surface area (Å²) in [5.74, 6) is 1.54. The third-order valence-corrected chi connectivity index (χ3v) is 4.66. The van der Waals surface area contributed by atoms with Gasteiger partial charge < -0.3 is 10.1 Å². The van der Waals surface area contributed by atoms with Gasteiger partial charge >= 0.3 is 0 Å². The Morgan fingerprint density at radius 2 is 1.33 bits per heavy atom. The Kier molecular flexibility index (Phi) is 6.98. The summed E-state index contributed by atoms with van der Waals surface area (Å²) in [7, 11) is 0. The lowest BCUT2D eigenvalue weighted by molar-refractivity contribution is 0.482. The fourth-order valence-corrected chi connectivity index (χ4v) is 2.82. The third-order valence-electron chi connectivity index (χ3n) is 3.41. The smallest absolute Gasteiger partial charge is 0.191 e. The van der Waals surface area contributed by atoms with Crippen molar-refractivity contribution in [1.82, 2.24) is 5.43 Å². The van der Waals surface area contributed by atoms with E-state index in [4.69, 9.17) is 17.0 Å². The molecular formula is C20H15Br2N3OS. The highest BCUT2D eigenvalue weighted by atomic mass is 79.9. The minimum absolute atomic E-state index is 0.420. The molecule has 0 spiro atoms. The van der Waals surface area contributed by atoms with E-state index in [0.717, 1.165) is 31.7 Å². The highest BCUT2D eigenvalue weighted by Crippen LogP contribution is 2.23. The van der Waals surface area contributed by atoms with Crippen molar-refractivity contribution in [3.63, 3.8) is 0 Å². The van der Waals surface area contributed by atoms with Gasteiger partial charge in [-0.1, -0.05) is 31.9 Å². The van der Waals surface area contributed by atoms with Gasteiger partial charge in [-0.25, -0.2) is 0 Å². The Bertz CT molecular complexity index is 927. The molecular weight excluding hydrogens is 490 g/mol. The molecule has 2 N–H and O–H groups in total. The number of hydrogen-bond acceptors (Lipinski definition) is 3. The van der Waals surface area contributed by atoms with Gasteiger partial charge in [-0.3, -0.25) is 5.43 Å². The molecule has 0 fully saturated rings. The summed E-state index contributed by atoms with van der Waals surface area (Å²) in [6.45, 7) is 0.